The smallest absolute Gasteiger partial charge is 0.209 e. The minimum atomic E-state index is -0.123. The van der Waals surface area contributed by atoms with Crippen molar-refractivity contribution >= 4 is 33.6 Å². The van der Waals surface area contributed by atoms with Crippen molar-refractivity contribution in [2.24, 2.45) is 0 Å². The van der Waals surface area contributed by atoms with Crippen LogP contribution in [-0.2, 0) is 6.61 Å². The zero-order valence-corrected chi connectivity index (χ0v) is 10.6. The molecule has 0 amide bonds. The predicted octanol–water partition coefficient (Wildman–Crippen LogP) is 1.90. The molecule has 84 valence electrons. The van der Waals surface area contributed by atoms with E-state index >= 15 is 0 Å². The largest absolute Gasteiger partial charge is 0.496 e. The number of ether oxygens (including phenoxy) is 1. The van der Waals surface area contributed by atoms with Crippen molar-refractivity contribution in [1.29, 1.82) is 0 Å². The number of fused-ring (bicyclic) bond motifs is 1. The Labute approximate surface area is 105 Å². The number of methoxy groups -OCH3 is 1. The lowest BCUT2D eigenvalue weighted by molar-refractivity contribution is 0.281. The van der Waals surface area contributed by atoms with Gasteiger partial charge in [-0.25, -0.2) is 0 Å². The van der Waals surface area contributed by atoms with Gasteiger partial charge in [-0.2, -0.15) is 0 Å². The van der Waals surface area contributed by atoms with Gasteiger partial charge in [0.05, 0.1) is 17.3 Å². The molecule has 0 aliphatic rings. The van der Waals surface area contributed by atoms with Crippen LogP contribution in [0.1, 0.15) is 5.56 Å². The van der Waals surface area contributed by atoms with Crippen molar-refractivity contribution in [3.63, 3.8) is 0 Å². The molecule has 0 aliphatic heterocycles. The molecule has 16 heavy (non-hydrogen) atoms. The molecule has 1 heterocycles. The first-order valence-electron chi connectivity index (χ1n) is 4.56. The second-order valence-electron chi connectivity index (χ2n) is 3.24. The van der Waals surface area contributed by atoms with Gasteiger partial charge < -0.3 is 14.3 Å². The molecule has 0 radical (unpaired) electrons. The van der Waals surface area contributed by atoms with Gasteiger partial charge in [0.25, 0.3) is 0 Å². The summed E-state index contributed by atoms with van der Waals surface area (Å²) >= 11 is 1.91. The van der Waals surface area contributed by atoms with Gasteiger partial charge in [-0.1, -0.05) is 0 Å². The SMILES string of the molecule is COc1cc(CO)cc2occ(I)c(=O)c12. The summed E-state index contributed by atoms with van der Waals surface area (Å²) in [6, 6.07) is 3.27. The number of rotatable bonds is 2. The molecular formula is C11H9IO4. The maximum absolute atomic E-state index is 11.9. The maximum Gasteiger partial charge on any atom is 0.209 e. The Kier molecular flexibility index (Phi) is 3.15. The van der Waals surface area contributed by atoms with Crippen LogP contribution < -0.4 is 10.2 Å². The molecule has 0 saturated carbocycles. The molecule has 2 aromatic rings. The van der Waals surface area contributed by atoms with Crippen LogP contribution in [0, 0.1) is 3.57 Å². The van der Waals surface area contributed by atoms with Crippen LogP contribution in [0.15, 0.2) is 27.6 Å². The van der Waals surface area contributed by atoms with Crippen molar-refractivity contribution in [3.8, 4) is 5.75 Å². The highest BCUT2D eigenvalue weighted by Gasteiger charge is 2.11. The average Bonchev–Trinajstić information content (AvgIpc) is 2.32. The number of aliphatic hydroxyl groups is 1. The van der Waals surface area contributed by atoms with E-state index in [2.05, 4.69) is 0 Å². The Morgan fingerprint density at radius 1 is 1.50 bits per heavy atom. The molecule has 4 nitrogen and oxygen atoms in total. The van der Waals surface area contributed by atoms with Crippen molar-refractivity contribution in [3.05, 3.63) is 37.8 Å². The van der Waals surface area contributed by atoms with E-state index in [9.17, 15) is 4.79 Å². The predicted molar refractivity (Wildman–Crippen MR) is 67.7 cm³/mol. The molecule has 1 aromatic heterocycles. The number of hydrogen-bond acceptors (Lipinski definition) is 4. The second kappa shape index (κ2) is 4.42. The van der Waals surface area contributed by atoms with Crippen LogP contribution in [0.4, 0.5) is 0 Å². The molecule has 2 rings (SSSR count). The molecule has 0 fully saturated rings. The fraction of sp³-hybridized carbons (Fsp3) is 0.182. The van der Waals surface area contributed by atoms with Gasteiger partial charge >= 0.3 is 0 Å². The Bertz CT molecular complexity index is 588. The van der Waals surface area contributed by atoms with Gasteiger partial charge in [-0.05, 0) is 40.3 Å². The zero-order chi connectivity index (χ0) is 11.7. The maximum atomic E-state index is 11.9. The van der Waals surface area contributed by atoms with E-state index in [4.69, 9.17) is 14.3 Å². The summed E-state index contributed by atoms with van der Waals surface area (Å²) in [5, 5.41) is 9.47. The lowest BCUT2D eigenvalue weighted by Crippen LogP contribution is -2.06. The Balaban J connectivity index is 2.90. The number of hydrogen-bond donors (Lipinski definition) is 1. The summed E-state index contributed by atoms with van der Waals surface area (Å²) in [5.41, 5.74) is 0.950. The first-order valence-corrected chi connectivity index (χ1v) is 5.64. The fourth-order valence-corrected chi connectivity index (χ4v) is 1.90. The molecule has 1 N–H and O–H groups in total. The summed E-state index contributed by atoms with van der Waals surface area (Å²) in [7, 11) is 1.48. The van der Waals surface area contributed by atoms with E-state index in [1.54, 1.807) is 12.1 Å². The van der Waals surface area contributed by atoms with Crippen LogP contribution >= 0.6 is 22.6 Å². The van der Waals surface area contributed by atoms with Gasteiger partial charge in [0.1, 0.15) is 23.0 Å². The van der Waals surface area contributed by atoms with E-state index < -0.39 is 0 Å². The van der Waals surface area contributed by atoms with Crippen LogP contribution in [0.3, 0.4) is 0 Å². The lowest BCUT2D eigenvalue weighted by Gasteiger charge is -2.06. The summed E-state index contributed by atoms with van der Waals surface area (Å²) < 4.78 is 10.9. The van der Waals surface area contributed by atoms with Gasteiger partial charge in [0, 0.05) is 0 Å². The monoisotopic (exact) mass is 332 g/mol. The second-order valence-corrected chi connectivity index (χ2v) is 4.40. The lowest BCUT2D eigenvalue weighted by atomic mass is 10.1. The third kappa shape index (κ3) is 1.80. The highest BCUT2D eigenvalue weighted by Crippen LogP contribution is 2.25. The minimum Gasteiger partial charge on any atom is -0.496 e. The molecule has 0 aliphatic carbocycles. The van der Waals surface area contributed by atoms with E-state index in [0.717, 1.165) is 0 Å². The third-order valence-electron chi connectivity index (χ3n) is 2.26. The molecule has 1 aromatic carbocycles. The van der Waals surface area contributed by atoms with E-state index in [-0.39, 0.29) is 12.0 Å². The summed E-state index contributed by atoms with van der Waals surface area (Å²) in [6.07, 6.45) is 1.39. The van der Waals surface area contributed by atoms with Crippen LogP contribution in [0.2, 0.25) is 0 Å². The van der Waals surface area contributed by atoms with Crippen molar-refractivity contribution in [1.82, 2.24) is 0 Å². The fourth-order valence-electron chi connectivity index (χ4n) is 1.50. The van der Waals surface area contributed by atoms with Crippen LogP contribution in [0.5, 0.6) is 5.75 Å². The number of halogens is 1. The first-order chi connectivity index (χ1) is 7.67. The standard InChI is InChI=1S/C11H9IO4/c1-15-8-2-6(4-13)3-9-10(8)11(14)7(12)5-16-9/h2-3,5,13H,4H2,1H3. The summed E-state index contributed by atoms with van der Waals surface area (Å²) in [5.74, 6) is 0.425. The van der Waals surface area contributed by atoms with Gasteiger partial charge in [0.2, 0.25) is 5.43 Å². The molecule has 0 atom stereocenters. The third-order valence-corrected chi connectivity index (χ3v) is 3.01. The Morgan fingerprint density at radius 2 is 2.25 bits per heavy atom. The van der Waals surface area contributed by atoms with E-state index in [1.165, 1.54) is 13.4 Å². The average molecular weight is 332 g/mol. The van der Waals surface area contributed by atoms with Crippen molar-refractivity contribution in [2.75, 3.05) is 7.11 Å². The molecule has 0 spiro atoms. The van der Waals surface area contributed by atoms with Gasteiger partial charge in [-0.3, -0.25) is 4.79 Å². The number of benzene rings is 1. The van der Waals surface area contributed by atoms with Crippen LogP contribution in [0.25, 0.3) is 11.0 Å². The molecule has 0 unspecified atom stereocenters. The van der Waals surface area contributed by atoms with E-state index in [0.29, 0.717) is 25.9 Å². The van der Waals surface area contributed by atoms with E-state index in [1.807, 2.05) is 22.6 Å². The number of aliphatic hydroxyl groups excluding tert-OH is 1. The highest BCUT2D eigenvalue weighted by atomic mass is 127. The van der Waals surface area contributed by atoms with Crippen LogP contribution in [-0.4, -0.2) is 12.2 Å². The Hall–Kier alpha value is -1.08. The molecule has 0 bridgehead atoms. The van der Waals surface area contributed by atoms with Gasteiger partial charge in [0.15, 0.2) is 0 Å². The first kappa shape index (κ1) is 11.4. The van der Waals surface area contributed by atoms with Crippen molar-refractivity contribution < 1.29 is 14.3 Å². The quantitative estimate of drug-likeness (QED) is 0.854. The molecule has 0 saturated heterocycles. The molecule has 5 heteroatoms. The summed E-state index contributed by atoms with van der Waals surface area (Å²) in [4.78, 5) is 11.9. The highest BCUT2D eigenvalue weighted by molar-refractivity contribution is 14.1. The van der Waals surface area contributed by atoms with Crippen molar-refractivity contribution in [2.45, 2.75) is 6.61 Å². The Morgan fingerprint density at radius 3 is 2.88 bits per heavy atom. The molecular weight excluding hydrogens is 323 g/mol. The summed E-state index contributed by atoms with van der Waals surface area (Å²) in [6.45, 7) is -0.123. The zero-order valence-electron chi connectivity index (χ0n) is 8.49. The minimum absolute atomic E-state index is 0.122. The normalized spacial score (nSPS) is 10.7. The van der Waals surface area contributed by atoms with Gasteiger partial charge in [-0.15, -0.1) is 0 Å². The topological polar surface area (TPSA) is 59.7 Å².